The van der Waals surface area contributed by atoms with E-state index in [9.17, 15) is 19.8 Å². The maximum Gasteiger partial charge on any atom is 0.335 e. The lowest BCUT2D eigenvalue weighted by molar-refractivity contribution is -0.194. The van der Waals surface area contributed by atoms with Crippen LogP contribution in [-0.4, -0.2) is 72.0 Å². The molecule has 8 nitrogen and oxygen atoms in total. The number of aliphatic hydroxyl groups excluding tert-OH is 2. The largest absolute Gasteiger partial charge is 0.463 e. The minimum Gasteiger partial charge on any atom is -0.463 e. The van der Waals surface area contributed by atoms with Crippen molar-refractivity contribution in [1.82, 2.24) is 0 Å². The van der Waals surface area contributed by atoms with Gasteiger partial charge in [-0.1, -0.05) is 43.7 Å². The van der Waals surface area contributed by atoms with Gasteiger partial charge in [-0.25, -0.2) is 9.59 Å². The molecule has 0 aromatic carbocycles. The van der Waals surface area contributed by atoms with E-state index in [0.717, 1.165) is 19.3 Å². The molecule has 2 heterocycles. The van der Waals surface area contributed by atoms with Gasteiger partial charge in [0.1, 0.15) is 17.8 Å². The van der Waals surface area contributed by atoms with Gasteiger partial charge in [-0.2, -0.15) is 0 Å². The van der Waals surface area contributed by atoms with Crippen LogP contribution in [0, 0.1) is 28.6 Å². The van der Waals surface area contributed by atoms with E-state index in [0.29, 0.717) is 19.4 Å². The van der Waals surface area contributed by atoms with Crippen LogP contribution in [-0.2, 0) is 28.5 Å². The molecule has 10 atom stereocenters. The van der Waals surface area contributed by atoms with Gasteiger partial charge >= 0.3 is 11.9 Å². The fourth-order valence-electron chi connectivity index (χ4n) is 7.86. The second-order valence-corrected chi connectivity index (χ2v) is 12.4. The van der Waals surface area contributed by atoms with Crippen molar-refractivity contribution in [2.75, 3.05) is 19.8 Å². The Bertz CT molecular complexity index is 1030. The molecule has 3 fully saturated rings. The molecule has 2 unspecified atom stereocenters. The first kappa shape index (κ1) is 27.6. The minimum atomic E-state index is -1.29. The molecule has 0 radical (unpaired) electrons. The Labute approximate surface area is 225 Å². The normalized spacial score (nSPS) is 48.0. The van der Waals surface area contributed by atoms with Crippen LogP contribution < -0.4 is 0 Å². The van der Waals surface area contributed by atoms with Crippen molar-refractivity contribution >= 4 is 11.9 Å². The number of hydrogen-bond donors (Lipinski definition) is 2. The van der Waals surface area contributed by atoms with Gasteiger partial charge in [0.2, 0.25) is 0 Å². The lowest BCUT2D eigenvalue weighted by Crippen LogP contribution is -2.63. The Hall–Kier alpha value is -2.00. The fraction of sp³-hybridized carbons (Fsp3) is 0.733. The predicted molar refractivity (Wildman–Crippen MR) is 139 cm³/mol. The summed E-state index contributed by atoms with van der Waals surface area (Å²) < 4.78 is 24.1. The third-order valence-corrected chi connectivity index (χ3v) is 10.4. The van der Waals surface area contributed by atoms with Crippen molar-refractivity contribution in [3.05, 3.63) is 36.0 Å². The molecule has 3 aliphatic carbocycles. The summed E-state index contributed by atoms with van der Waals surface area (Å²) in [6, 6.07) is 0. The summed E-state index contributed by atoms with van der Waals surface area (Å²) in [7, 11) is 0. The molecule has 2 N–H and O–H groups in total. The number of aliphatic hydroxyl groups is 2. The summed E-state index contributed by atoms with van der Waals surface area (Å²) in [4.78, 5) is 26.1. The number of esters is 2. The molecule has 2 spiro atoms. The molecule has 8 heteroatoms. The van der Waals surface area contributed by atoms with Crippen molar-refractivity contribution in [2.24, 2.45) is 28.6 Å². The van der Waals surface area contributed by atoms with E-state index >= 15 is 0 Å². The first-order chi connectivity index (χ1) is 18.0. The monoisotopic (exact) mass is 530 g/mol. The highest BCUT2D eigenvalue weighted by Gasteiger charge is 2.81. The molecule has 2 bridgehead atoms. The van der Waals surface area contributed by atoms with Crippen molar-refractivity contribution in [3.63, 3.8) is 0 Å². The van der Waals surface area contributed by atoms with E-state index in [4.69, 9.17) is 18.9 Å². The standard InChI is InChI=1S/C30H42O8/c1-18-9-11-29-16-36-27(34)26(33)19(2)10-12-35-23(20(3)31)7-5-6-8-25(32)38-24-15-22(14-21(29)13-18)30(17-37-30)28(24,29)4/h5-8,13,19-24,26,31,33H,9-12,14-17H2,1-4H3/b7-5+,8-6-/t19?,20-,21?,22-,23-,24-,26+,28-,29-,30+/m1/s1. The van der Waals surface area contributed by atoms with Crippen LogP contribution in [0.5, 0.6) is 0 Å². The number of hydrogen-bond acceptors (Lipinski definition) is 8. The SMILES string of the molecule is CC1=CC2C[C@@H]3C[C@H]4OC(=O)/C=C\C=C\[C@H]([C@@H](C)O)OCCC(C)[C@H](O)C(=O)OC[C@@]2(CC1)[C@]4(C)[C@]31CO1. The highest BCUT2D eigenvalue weighted by atomic mass is 16.6. The summed E-state index contributed by atoms with van der Waals surface area (Å²) in [5, 5.41) is 20.9. The minimum absolute atomic E-state index is 0.144. The summed E-state index contributed by atoms with van der Waals surface area (Å²) in [5.74, 6) is -1.03. The molecule has 210 valence electrons. The van der Waals surface area contributed by atoms with Gasteiger partial charge in [-0.3, -0.25) is 0 Å². The van der Waals surface area contributed by atoms with Crippen molar-refractivity contribution in [1.29, 1.82) is 0 Å². The molecule has 1 saturated heterocycles. The number of carbonyl (C=O) groups excluding carboxylic acids is 2. The fourth-order valence-corrected chi connectivity index (χ4v) is 7.86. The van der Waals surface area contributed by atoms with E-state index in [1.54, 1.807) is 32.1 Å². The summed E-state index contributed by atoms with van der Waals surface area (Å²) in [5.41, 5.74) is -0.0765. The predicted octanol–water partition coefficient (Wildman–Crippen LogP) is 3.26. The summed E-state index contributed by atoms with van der Waals surface area (Å²) in [6.45, 7) is 8.73. The zero-order valence-corrected chi connectivity index (χ0v) is 22.9. The molecule has 0 amide bonds. The average Bonchev–Trinajstić information content (AvgIpc) is 3.65. The third-order valence-electron chi connectivity index (χ3n) is 10.4. The Morgan fingerprint density at radius 3 is 2.63 bits per heavy atom. The summed E-state index contributed by atoms with van der Waals surface area (Å²) in [6.07, 6.45) is 9.35. The van der Waals surface area contributed by atoms with Gasteiger partial charge < -0.3 is 29.2 Å². The molecular weight excluding hydrogens is 488 g/mol. The van der Waals surface area contributed by atoms with Crippen LogP contribution in [0.2, 0.25) is 0 Å². The zero-order chi connectivity index (χ0) is 27.3. The number of cyclic esters (lactones) is 1. The zero-order valence-electron chi connectivity index (χ0n) is 22.9. The van der Waals surface area contributed by atoms with Gasteiger partial charge in [0.25, 0.3) is 0 Å². The molecule has 0 aromatic heterocycles. The number of carbonyl (C=O) groups is 2. The Balaban J connectivity index is 1.51. The maximum atomic E-state index is 13.1. The second-order valence-electron chi connectivity index (χ2n) is 12.4. The van der Waals surface area contributed by atoms with Crippen LogP contribution in [0.25, 0.3) is 0 Å². The van der Waals surface area contributed by atoms with Gasteiger partial charge in [-0.15, -0.1) is 0 Å². The first-order valence-electron chi connectivity index (χ1n) is 14.0. The topological polar surface area (TPSA) is 115 Å². The van der Waals surface area contributed by atoms with Gasteiger partial charge in [0.05, 0.1) is 19.3 Å². The molecule has 5 rings (SSSR count). The average molecular weight is 531 g/mol. The number of rotatable bonds is 1. The van der Waals surface area contributed by atoms with E-state index in [-0.39, 0.29) is 37.1 Å². The molecule has 38 heavy (non-hydrogen) atoms. The highest BCUT2D eigenvalue weighted by molar-refractivity contribution is 5.82. The maximum absolute atomic E-state index is 13.1. The molecule has 2 aliphatic heterocycles. The van der Waals surface area contributed by atoms with Gasteiger partial charge in [0, 0.05) is 23.5 Å². The highest BCUT2D eigenvalue weighted by Crippen LogP contribution is 2.75. The van der Waals surface area contributed by atoms with Gasteiger partial charge in [0.15, 0.2) is 6.10 Å². The third kappa shape index (κ3) is 4.37. The van der Waals surface area contributed by atoms with Crippen LogP contribution in [0.1, 0.15) is 59.8 Å². The summed E-state index contributed by atoms with van der Waals surface area (Å²) >= 11 is 0. The Morgan fingerprint density at radius 1 is 1.16 bits per heavy atom. The quantitative estimate of drug-likeness (QED) is 0.302. The van der Waals surface area contributed by atoms with Crippen molar-refractivity contribution < 1.29 is 38.7 Å². The van der Waals surface area contributed by atoms with Crippen LogP contribution in [0.3, 0.4) is 0 Å². The lowest BCUT2D eigenvalue weighted by atomic mass is 9.45. The Morgan fingerprint density at radius 2 is 1.92 bits per heavy atom. The number of allylic oxidation sites excluding steroid dienone is 4. The van der Waals surface area contributed by atoms with Crippen LogP contribution in [0.4, 0.5) is 0 Å². The van der Waals surface area contributed by atoms with Gasteiger partial charge in [-0.05, 0) is 63.7 Å². The van der Waals surface area contributed by atoms with Crippen molar-refractivity contribution in [2.45, 2.75) is 89.8 Å². The number of epoxide rings is 1. The molecule has 0 aromatic rings. The molecule has 2 saturated carbocycles. The van der Waals surface area contributed by atoms with Crippen molar-refractivity contribution in [3.8, 4) is 0 Å². The second kappa shape index (κ2) is 10.2. The van der Waals surface area contributed by atoms with E-state index in [1.807, 2.05) is 0 Å². The van der Waals surface area contributed by atoms with Crippen LogP contribution in [0.15, 0.2) is 36.0 Å². The Kier molecular flexibility index (Phi) is 7.39. The lowest BCUT2D eigenvalue weighted by Gasteiger charge is -2.59. The smallest absolute Gasteiger partial charge is 0.335 e. The molecule has 5 aliphatic rings. The molecular formula is C30H42O8. The van der Waals surface area contributed by atoms with E-state index in [2.05, 4.69) is 19.9 Å². The van der Waals surface area contributed by atoms with Crippen LogP contribution >= 0.6 is 0 Å². The first-order valence-corrected chi connectivity index (χ1v) is 14.0. The van der Waals surface area contributed by atoms with E-state index < -0.39 is 46.7 Å². The number of ether oxygens (including phenoxy) is 4. The van der Waals surface area contributed by atoms with E-state index in [1.165, 1.54) is 11.6 Å².